The first-order chi connectivity index (χ1) is 20.2. The van der Waals surface area contributed by atoms with E-state index in [2.05, 4.69) is 18.4 Å². The second-order valence-corrected chi connectivity index (χ2v) is 12.3. The summed E-state index contributed by atoms with van der Waals surface area (Å²) in [5.41, 5.74) is 0. The van der Waals surface area contributed by atoms with Crippen molar-refractivity contribution in [1.29, 1.82) is 0 Å². The Morgan fingerprint density at radius 3 is 1.81 bits per heavy atom. The molecule has 0 bridgehead atoms. The number of unbranched alkanes of at least 4 members (excludes halogenated alkanes) is 15. The van der Waals surface area contributed by atoms with Gasteiger partial charge in [-0.1, -0.05) is 116 Å². The summed E-state index contributed by atoms with van der Waals surface area (Å²) in [5.74, 6) is -1.03. The van der Waals surface area contributed by atoms with Crippen LogP contribution in [-0.4, -0.2) is 65.7 Å². The second-order valence-electron chi connectivity index (χ2n) is 10.9. The van der Waals surface area contributed by atoms with Crippen LogP contribution in [0.5, 0.6) is 0 Å². The Balaban J connectivity index is 4.52. The van der Waals surface area contributed by atoms with E-state index >= 15 is 0 Å². The first-order valence-electron chi connectivity index (χ1n) is 16.1. The van der Waals surface area contributed by atoms with Crippen LogP contribution >= 0.6 is 7.82 Å². The van der Waals surface area contributed by atoms with Gasteiger partial charge in [0.15, 0.2) is 6.10 Å². The number of aliphatic hydroxyl groups excluding tert-OH is 2. The smallest absolute Gasteiger partial charge is 0.461 e. The van der Waals surface area contributed by atoms with Crippen molar-refractivity contribution in [2.75, 3.05) is 26.4 Å². The number of allylic oxidation sites excluding steroid dienone is 1. The summed E-state index contributed by atoms with van der Waals surface area (Å²) in [6, 6.07) is 0. The third-order valence-corrected chi connectivity index (χ3v) is 7.65. The molecule has 3 atom stereocenters. The van der Waals surface area contributed by atoms with E-state index in [1.165, 1.54) is 70.6 Å². The van der Waals surface area contributed by atoms with Gasteiger partial charge in [0.1, 0.15) is 12.7 Å². The molecule has 0 aliphatic rings. The Bertz CT molecular complexity index is 731. The van der Waals surface area contributed by atoms with Crippen LogP contribution in [0.1, 0.15) is 136 Å². The molecular weight excluding hydrogens is 563 g/mol. The monoisotopic (exact) mass is 622 g/mol. The maximum Gasteiger partial charge on any atom is 0.472 e. The fraction of sp³-hybridized carbons (Fsp3) is 0.871. The van der Waals surface area contributed by atoms with Gasteiger partial charge in [-0.15, -0.1) is 0 Å². The number of aliphatic hydroxyl groups is 2. The van der Waals surface area contributed by atoms with Gasteiger partial charge in [0.25, 0.3) is 0 Å². The summed E-state index contributed by atoms with van der Waals surface area (Å²) in [7, 11) is -4.60. The van der Waals surface area contributed by atoms with Crippen LogP contribution in [0.25, 0.3) is 0 Å². The third-order valence-electron chi connectivity index (χ3n) is 6.70. The first-order valence-corrected chi connectivity index (χ1v) is 17.6. The van der Waals surface area contributed by atoms with Gasteiger partial charge in [0, 0.05) is 6.42 Å². The Kier molecular flexibility index (Phi) is 27.6. The van der Waals surface area contributed by atoms with Crippen molar-refractivity contribution in [3.05, 3.63) is 12.2 Å². The molecule has 0 aliphatic carbocycles. The fourth-order valence-corrected chi connectivity index (χ4v) is 4.94. The molecule has 0 spiro atoms. The molecule has 0 fully saturated rings. The van der Waals surface area contributed by atoms with Gasteiger partial charge in [-0.05, 0) is 19.3 Å². The number of esters is 2. The molecule has 3 N–H and O–H groups in total. The lowest BCUT2D eigenvalue weighted by Gasteiger charge is -2.20. The summed E-state index contributed by atoms with van der Waals surface area (Å²) in [6.07, 6.45) is 20.9. The van der Waals surface area contributed by atoms with E-state index in [1.807, 2.05) is 6.08 Å². The average Bonchev–Trinajstić information content (AvgIpc) is 2.97. The molecule has 0 amide bonds. The van der Waals surface area contributed by atoms with Crippen molar-refractivity contribution in [3.63, 3.8) is 0 Å². The molecule has 0 rings (SSSR count). The minimum atomic E-state index is -4.60. The molecule has 0 aliphatic heterocycles. The van der Waals surface area contributed by atoms with E-state index in [-0.39, 0.29) is 19.4 Å². The van der Waals surface area contributed by atoms with Crippen molar-refractivity contribution in [2.45, 2.75) is 148 Å². The fourth-order valence-electron chi connectivity index (χ4n) is 4.15. The number of hydrogen-bond acceptors (Lipinski definition) is 9. The summed E-state index contributed by atoms with van der Waals surface area (Å²) in [5, 5.41) is 18.2. The molecule has 0 radical (unpaired) electrons. The van der Waals surface area contributed by atoms with Crippen LogP contribution < -0.4 is 0 Å². The standard InChI is InChI=1S/C31H59O10P/c1-3-5-7-9-11-13-15-16-18-20-22-30(34)38-26-29(27-40-42(36,37)39-25-28(33)24-32)41-31(35)23-21-19-17-14-12-10-8-6-4-2/h18,20,28-29,32-33H,3-17,19,21-27H2,1-2H3,(H,36,37)/b20-18-/t28-,29+/m0/s1. The number of rotatable bonds is 30. The number of carbonyl (C=O) groups excluding carboxylic acids is 2. The maximum absolute atomic E-state index is 12.4. The summed E-state index contributed by atoms with van der Waals surface area (Å²) in [6.45, 7) is 2.24. The van der Waals surface area contributed by atoms with Crippen LogP contribution in [0.2, 0.25) is 0 Å². The Morgan fingerprint density at radius 2 is 1.24 bits per heavy atom. The van der Waals surface area contributed by atoms with Crippen molar-refractivity contribution in [1.82, 2.24) is 0 Å². The summed E-state index contributed by atoms with van der Waals surface area (Å²) >= 11 is 0. The van der Waals surface area contributed by atoms with Gasteiger partial charge in [-0.3, -0.25) is 18.6 Å². The van der Waals surface area contributed by atoms with Gasteiger partial charge in [0.2, 0.25) is 0 Å². The second kappa shape index (κ2) is 28.5. The quantitative estimate of drug-likeness (QED) is 0.0333. The van der Waals surface area contributed by atoms with E-state index in [4.69, 9.17) is 19.1 Å². The number of carbonyl (C=O) groups is 2. The molecule has 248 valence electrons. The average molecular weight is 623 g/mol. The number of phosphoric ester groups is 1. The van der Waals surface area contributed by atoms with Crippen molar-refractivity contribution < 1.29 is 47.8 Å². The SMILES string of the molecule is CCCCCCCCC/C=C\CC(=O)OC[C@H](COP(=O)(O)OC[C@@H](O)CO)OC(=O)CCCCCCCCCCC. The Labute approximate surface area is 254 Å². The molecule has 42 heavy (non-hydrogen) atoms. The zero-order chi connectivity index (χ0) is 31.3. The van der Waals surface area contributed by atoms with Gasteiger partial charge >= 0.3 is 19.8 Å². The van der Waals surface area contributed by atoms with E-state index < -0.39 is 51.8 Å². The molecule has 0 aromatic carbocycles. The van der Waals surface area contributed by atoms with Crippen LogP contribution in [-0.2, 0) is 32.7 Å². The first kappa shape index (κ1) is 40.7. The molecule has 0 aromatic rings. The molecule has 1 unspecified atom stereocenters. The van der Waals surface area contributed by atoms with Gasteiger partial charge in [-0.25, -0.2) is 4.57 Å². The number of ether oxygens (including phenoxy) is 2. The lowest BCUT2D eigenvalue weighted by atomic mass is 10.1. The van der Waals surface area contributed by atoms with Crippen LogP contribution in [0, 0.1) is 0 Å². The Morgan fingerprint density at radius 1 is 0.714 bits per heavy atom. The molecule has 0 heterocycles. The topological polar surface area (TPSA) is 149 Å². The van der Waals surface area contributed by atoms with E-state index in [0.29, 0.717) is 6.42 Å². The van der Waals surface area contributed by atoms with Gasteiger partial charge in [0.05, 0.1) is 26.2 Å². The molecular formula is C31H59O10P. The highest BCUT2D eigenvalue weighted by atomic mass is 31.2. The number of hydrogen-bond donors (Lipinski definition) is 3. The maximum atomic E-state index is 12.4. The normalized spacial score (nSPS) is 14.5. The zero-order valence-electron chi connectivity index (χ0n) is 26.2. The molecule has 0 aromatic heterocycles. The minimum absolute atomic E-state index is 0.0666. The van der Waals surface area contributed by atoms with Crippen LogP contribution in [0.3, 0.4) is 0 Å². The lowest BCUT2D eigenvalue weighted by Crippen LogP contribution is -2.29. The van der Waals surface area contributed by atoms with E-state index in [1.54, 1.807) is 6.08 Å². The highest BCUT2D eigenvalue weighted by molar-refractivity contribution is 7.47. The highest BCUT2D eigenvalue weighted by Gasteiger charge is 2.27. The van der Waals surface area contributed by atoms with Gasteiger partial charge in [-0.2, -0.15) is 0 Å². The summed E-state index contributed by atoms with van der Waals surface area (Å²) in [4.78, 5) is 34.4. The van der Waals surface area contributed by atoms with Crippen molar-refractivity contribution in [2.24, 2.45) is 0 Å². The van der Waals surface area contributed by atoms with E-state index in [0.717, 1.165) is 32.1 Å². The largest absolute Gasteiger partial charge is 0.472 e. The van der Waals surface area contributed by atoms with Crippen molar-refractivity contribution in [3.8, 4) is 0 Å². The predicted octanol–water partition coefficient (Wildman–Crippen LogP) is 6.94. The molecule has 10 nitrogen and oxygen atoms in total. The molecule has 0 saturated heterocycles. The third kappa shape index (κ3) is 27.5. The zero-order valence-corrected chi connectivity index (χ0v) is 27.1. The summed E-state index contributed by atoms with van der Waals surface area (Å²) < 4.78 is 32.2. The van der Waals surface area contributed by atoms with Crippen molar-refractivity contribution >= 4 is 19.8 Å². The van der Waals surface area contributed by atoms with E-state index in [9.17, 15) is 24.2 Å². The number of phosphoric acid groups is 1. The highest BCUT2D eigenvalue weighted by Crippen LogP contribution is 2.43. The van der Waals surface area contributed by atoms with Crippen LogP contribution in [0.15, 0.2) is 12.2 Å². The lowest BCUT2D eigenvalue weighted by molar-refractivity contribution is -0.160. The minimum Gasteiger partial charge on any atom is -0.461 e. The molecule has 0 saturated carbocycles. The Hall–Kier alpha value is -1.29. The van der Waals surface area contributed by atoms with Gasteiger partial charge < -0.3 is 24.6 Å². The molecule has 11 heteroatoms. The predicted molar refractivity (Wildman–Crippen MR) is 164 cm³/mol. The van der Waals surface area contributed by atoms with Crippen LogP contribution in [0.4, 0.5) is 0 Å².